The van der Waals surface area contributed by atoms with Gasteiger partial charge in [-0.1, -0.05) is 24.4 Å². The molecule has 1 atom stereocenters. The first-order valence-corrected chi connectivity index (χ1v) is 7.91. The van der Waals surface area contributed by atoms with Gasteiger partial charge in [-0.3, -0.25) is 0 Å². The molecule has 0 spiro atoms. The molecule has 0 radical (unpaired) electrons. The highest BCUT2D eigenvalue weighted by Crippen LogP contribution is 2.23. The molecule has 2 rings (SSSR count). The van der Waals surface area contributed by atoms with Gasteiger partial charge in [0.05, 0.1) is 0 Å². The molecule has 0 amide bonds. The van der Waals surface area contributed by atoms with E-state index in [4.69, 9.17) is 18.0 Å². The summed E-state index contributed by atoms with van der Waals surface area (Å²) in [5, 5.41) is 3.56. The van der Waals surface area contributed by atoms with Crippen LogP contribution in [-0.4, -0.2) is 11.0 Å². The summed E-state index contributed by atoms with van der Waals surface area (Å²) >= 11 is 6.99. The maximum atomic E-state index is 5.81. The lowest BCUT2D eigenvalue weighted by molar-refractivity contribution is 0.799. The molecule has 3 N–H and O–H groups in total. The van der Waals surface area contributed by atoms with Crippen molar-refractivity contribution in [1.29, 1.82) is 0 Å². The zero-order chi connectivity index (χ0) is 14.7. The van der Waals surface area contributed by atoms with E-state index in [1.165, 1.54) is 15.3 Å². The highest BCUT2D eigenvalue weighted by atomic mass is 32.1. The van der Waals surface area contributed by atoms with E-state index >= 15 is 0 Å². The van der Waals surface area contributed by atoms with Crippen molar-refractivity contribution in [2.75, 3.05) is 5.32 Å². The second-order valence-electron chi connectivity index (χ2n) is 5.12. The van der Waals surface area contributed by atoms with Crippen LogP contribution in [0, 0.1) is 13.8 Å². The number of benzene rings is 1. The first-order valence-electron chi connectivity index (χ1n) is 6.68. The molecule has 0 aliphatic rings. The molecule has 20 heavy (non-hydrogen) atoms. The Hall–Kier alpha value is -1.39. The quantitative estimate of drug-likeness (QED) is 0.819. The van der Waals surface area contributed by atoms with E-state index in [0.29, 0.717) is 11.0 Å². The van der Waals surface area contributed by atoms with Crippen LogP contribution < -0.4 is 11.1 Å². The van der Waals surface area contributed by atoms with Crippen molar-refractivity contribution in [3.8, 4) is 0 Å². The maximum Gasteiger partial charge on any atom is 0.106 e. The van der Waals surface area contributed by atoms with Gasteiger partial charge in [0.15, 0.2) is 0 Å². The summed E-state index contributed by atoms with van der Waals surface area (Å²) in [6, 6.07) is 10.7. The van der Waals surface area contributed by atoms with Crippen molar-refractivity contribution in [2.45, 2.75) is 33.2 Å². The summed E-state index contributed by atoms with van der Waals surface area (Å²) in [6.45, 7) is 6.40. The molecule has 0 saturated heterocycles. The summed E-state index contributed by atoms with van der Waals surface area (Å²) in [6.07, 6.45) is 1.00. The van der Waals surface area contributed by atoms with Crippen LogP contribution in [0.2, 0.25) is 0 Å². The van der Waals surface area contributed by atoms with E-state index in [0.717, 1.165) is 17.7 Å². The number of aryl methyl sites for hydroxylation is 2. The molecule has 1 aromatic heterocycles. The second-order valence-corrected chi connectivity index (χ2v) is 6.94. The topological polar surface area (TPSA) is 38.0 Å². The lowest BCUT2D eigenvalue weighted by Gasteiger charge is -2.19. The van der Waals surface area contributed by atoms with E-state index in [9.17, 15) is 0 Å². The van der Waals surface area contributed by atoms with E-state index in [2.05, 4.69) is 44.3 Å². The van der Waals surface area contributed by atoms with Crippen molar-refractivity contribution in [1.82, 2.24) is 0 Å². The van der Waals surface area contributed by atoms with Gasteiger partial charge in [0.2, 0.25) is 0 Å². The summed E-state index contributed by atoms with van der Waals surface area (Å²) < 4.78 is 0. The van der Waals surface area contributed by atoms with Gasteiger partial charge >= 0.3 is 0 Å². The van der Waals surface area contributed by atoms with Gasteiger partial charge < -0.3 is 11.1 Å². The molecule has 2 aromatic rings. The number of thiophene rings is 1. The molecule has 0 aliphatic heterocycles. The van der Waals surface area contributed by atoms with E-state index in [1.807, 2.05) is 23.5 Å². The third kappa shape index (κ3) is 3.58. The zero-order valence-electron chi connectivity index (χ0n) is 12.1. The average molecular weight is 304 g/mol. The van der Waals surface area contributed by atoms with E-state index in [1.54, 1.807) is 0 Å². The highest BCUT2D eigenvalue weighted by molar-refractivity contribution is 7.80. The van der Waals surface area contributed by atoms with Gasteiger partial charge in [0, 0.05) is 33.5 Å². The fraction of sp³-hybridized carbons (Fsp3) is 0.312. The molecule has 1 heterocycles. The minimum absolute atomic E-state index is 0.335. The third-order valence-corrected chi connectivity index (χ3v) is 4.48. The summed E-state index contributed by atoms with van der Waals surface area (Å²) in [7, 11) is 0. The number of nitrogens with one attached hydrogen (secondary N) is 1. The number of nitrogens with two attached hydrogens (primary N) is 1. The predicted octanol–water partition coefficient (Wildman–Crippen LogP) is 4.04. The predicted molar refractivity (Wildman–Crippen MR) is 92.9 cm³/mol. The standard InChI is InChI=1S/C16H20N2S2/c1-10-5-4-6-14(16(17)19)15(10)18-11(2)9-13-8-7-12(3)20-13/h4-8,11,18H,9H2,1-3H3,(H2,17,19). The molecular formula is C16H20N2S2. The van der Waals surface area contributed by atoms with Gasteiger partial charge in [0.25, 0.3) is 0 Å². The van der Waals surface area contributed by atoms with Gasteiger partial charge in [-0.25, -0.2) is 0 Å². The fourth-order valence-electron chi connectivity index (χ4n) is 2.26. The first kappa shape index (κ1) is 15.0. The minimum atomic E-state index is 0.335. The highest BCUT2D eigenvalue weighted by Gasteiger charge is 2.11. The number of para-hydroxylation sites is 1. The van der Waals surface area contributed by atoms with Crippen LogP contribution in [0.5, 0.6) is 0 Å². The number of thiocarbonyl (C=S) groups is 1. The summed E-state index contributed by atoms with van der Waals surface area (Å²) in [4.78, 5) is 3.19. The smallest absolute Gasteiger partial charge is 0.106 e. The monoisotopic (exact) mass is 304 g/mol. The van der Waals surface area contributed by atoms with Gasteiger partial charge in [-0.15, -0.1) is 11.3 Å². The normalized spacial score (nSPS) is 12.2. The Kier molecular flexibility index (Phi) is 4.78. The van der Waals surface area contributed by atoms with Crippen molar-refractivity contribution >= 4 is 34.2 Å². The van der Waals surface area contributed by atoms with Crippen LogP contribution in [0.4, 0.5) is 5.69 Å². The number of hydrogen-bond acceptors (Lipinski definition) is 3. The SMILES string of the molecule is Cc1ccc(CC(C)Nc2c(C)cccc2C(N)=S)s1. The second kappa shape index (κ2) is 6.37. The summed E-state index contributed by atoms with van der Waals surface area (Å²) in [5.41, 5.74) is 8.96. The average Bonchev–Trinajstić information content (AvgIpc) is 2.77. The van der Waals surface area contributed by atoms with Crippen LogP contribution in [0.25, 0.3) is 0 Å². The lowest BCUT2D eigenvalue weighted by atomic mass is 10.1. The van der Waals surface area contributed by atoms with Crippen molar-refractivity contribution in [3.63, 3.8) is 0 Å². The fourth-order valence-corrected chi connectivity index (χ4v) is 3.45. The zero-order valence-corrected chi connectivity index (χ0v) is 13.7. The Bertz CT molecular complexity index is 617. The number of rotatable bonds is 5. The van der Waals surface area contributed by atoms with E-state index in [-0.39, 0.29) is 0 Å². The molecule has 0 fully saturated rings. The van der Waals surface area contributed by atoms with Crippen LogP contribution in [0.3, 0.4) is 0 Å². The van der Waals surface area contributed by atoms with Gasteiger partial charge in [0.1, 0.15) is 4.99 Å². The molecule has 106 valence electrons. The third-order valence-electron chi connectivity index (χ3n) is 3.23. The number of anilines is 1. The van der Waals surface area contributed by atoms with Crippen molar-refractivity contribution < 1.29 is 0 Å². The lowest BCUT2D eigenvalue weighted by Crippen LogP contribution is -2.21. The van der Waals surface area contributed by atoms with Crippen LogP contribution in [0.15, 0.2) is 30.3 Å². The molecule has 4 heteroatoms. The van der Waals surface area contributed by atoms with Crippen LogP contribution in [0.1, 0.15) is 27.8 Å². The van der Waals surface area contributed by atoms with Gasteiger partial charge in [-0.05, 0) is 44.5 Å². The Morgan fingerprint density at radius 1 is 1.30 bits per heavy atom. The van der Waals surface area contributed by atoms with Crippen molar-refractivity contribution in [2.24, 2.45) is 5.73 Å². The summed E-state index contributed by atoms with van der Waals surface area (Å²) in [5.74, 6) is 0. The van der Waals surface area contributed by atoms with Gasteiger partial charge in [-0.2, -0.15) is 0 Å². The Balaban J connectivity index is 2.15. The largest absolute Gasteiger partial charge is 0.389 e. The Labute approximate surface area is 130 Å². The number of hydrogen-bond donors (Lipinski definition) is 2. The van der Waals surface area contributed by atoms with Crippen LogP contribution >= 0.6 is 23.6 Å². The van der Waals surface area contributed by atoms with Crippen molar-refractivity contribution in [3.05, 3.63) is 51.2 Å². The first-order chi connectivity index (χ1) is 9.47. The van der Waals surface area contributed by atoms with Crippen LogP contribution in [-0.2, 0) is 6.42 Å². The molecule has 0 aliphatic carbocycles. The Morgan fingerprint density at radius 2 is 2.05 bits per heavy atom. The maximum absolute atomic E-state index is 5.81. The molecular weight excluding hydrogens is 284 g/mol. The van der Waals surface area contributed by atoms with E-state index < -0.39 is 0 Å². The minimum Gasteiger partial charge on any atom is -0.389 e. The molecule has 2 nitrogen and oxygen atoms in total. The molecule has 1 unspecified atom stereocenters. The molecule has 0 bridgehead atoms. The molecule has 0 saturated carbocycles. The Morgan fingerprint density at radius 3 is 2.65 bits per heavy atom. The molecule has 1 aromatic carbocycles.